The van der Waals surface area contributed by atoms with Crippen LogP contribution in [0.15, 0.2) is 22.7 Å². The van der Waals surface area contributed by atoms with Crippen LogP contribution in [0, 0.1) is 5.82 Å². The van der Waals surface area contributed by atoms with E-state index in [-0.39, 0.29) is 17.5 Å². The number of nitrogens with one attached hydrogen (secondary N) is 1. The molecule has 0 aliphatic carbocycles. The number of carbonyl (C=O) groups excluding carboxylic acids is 1. The Labute approximate surface area is 122 Å². The first-order chi connectivity index (χ1) is 8.56. The average Bonchev–Trinajstić information content (AvgIpc) is 2.28. The minimum atomic E-state index is -0.446. The number of amides is 1. The SMILES string of the molecule is COCC(CCBr)NC(=O)c1cc(F)cc(Br)c1. The molecular formula is C12H14Br2FNO2. The number of hydrogen-bond donors (Lipinski definition) is 1. The van der Waals surface area contributed by atoms with Crippen LogP contribution >= 0.6 is 31.9 Å². The smallest absolute Gasteiger partial charge is 0.251 e. The van der Waals surface area contributed by atoms with Crippen molar-refractivity contribution >= 4 is 37.8 Å². The number of hydrogen-bond acceptors (Lipinski definition) is 2. The fourth-order valence-corrected chi connectivity index (χ4v) is 2.50. The highest BCUT2D eigenvalue weighted by molar-refractivity contribution is 9.10. The van der Waals surface area contributed by atoms with E-state index in [1.165, 1.54) is 12.1 Å². The monoisotopic (exact) mass is 381 g/mol. The molecule has 0 saturated carbocycles. The van der Waals surface area contributed by atoms with Crippen LogP contribution in [0.25, 0.3) is 0 Å². The zero-order valence-corrected chi connectivity index (χ0v) is 13.1. The van der Waals surface area contributed by atoms with Crippen LogP contribution in [-0.4, -0.2) is 31.0 Å². The van der Waals surface area contributed by atoms with E-state index >= 15 is 0 Å². The van der Waals surface area contributed by atoms with Gasteiger partial charge in [0.2, 0.25) is 0 Å². The van der Waals surface area contributed by atoms with E-state index < -0.39 is 5.82 Å². The molecule has 1 N–H and O–H groups in total. The van der Waals surface area contributed by atoms with Crippen LogP contribution in [-0.2, 0) is 4.74 Å². The summed E-state index contributed by atoms with van der Waals surface area (Å²) in [7, 11) is 1.58. The van der Waals surface area contributed by atoms with E-state index in [1.807, 2.05) is 0 Å². The van der Waals surface area contributed by atoms with Gasteiger partial charge >= 0.3 is 0 Å². The maximum absolute atomic E-state index is 13.2. The normalized spacial score (nSPS) is 12.2. The van der Waals surface area contributed by atoms with Gasteiger partial charge in [-0.1, -0.05) is 31.9 Å². The van der Waals surface area contributed by atoms with Crippen LogP contribution < -0.4 is 5.32 Å². The van der Waals surface area contributed by atoms with Gasteiger partial charge in [-0.3, -0.25) is 4.79 Å². The maximum Gasteiger partial charge on any atom is 0.251 e. The first-order valence-electron chi connectivity index (χ1n) is 5.38. The summed E-state index contributed by atoms with van der Waals surface area (Å²) in [4.78, 5) is 11.9. The summed E-state index contributed by atoms with van der Waals surface area (Å²) in [5.41, 5.74) is 0.289. The summed E-state index contributed by atoms with van der Waals surface area (Å²) >= 11 is 6.47. The quantitative estimate of drug-likeness (QED) is 0.767. The van der Waals surface area contributed by atoms with Gasteiger partial charge in [0.05, 0.1) is 12.6 Å². The predicted octanol–water partition coefficient (Wildman–Crippen LogP) is 3.12. The van der Waals surface area contributed by atoms with Gasteiger partial charge in [-0.25, -0.2) is 4.39 Å². The molecule has 0 radical (unpaired) electrons. The lowest BCUT2D eigenvalue weighted by Gasteiger charge is -2.16. The summed E-state index contributed by atoms with van der Waals surface area (Å²) in [6, 6.07) is 4.00. The third-order valence-electron chi connectivity index (χ3n) is 2.29. The Morgan fingerprint density at radius 2 is 2.22 bits per heavy atom. The lowest BCUT2D eigenvalue weighted by molar-refractivity contribution is 0.0895. The number of benzene rings is 1. The summed E-state index contributed by atoms with van der Waals surface area (Å²) in [6.45, 7) is 0.424. The first-order valence-corrected chi connectivity index (χ1v) is 7.30. The van der Waals surface area contributed by atoms with Crippen molar-refractivity contribution in [3.8, 4) is 0 Å². The molecule has 18 heavy (non-hydrogen) atoms. The molecule has 1 aromatic rings. The van der Waals surface area contributed by atoms with Crippen molar-refractivity contribution in [1.82, 2.24) is 5.32 Å². The van der Waals surface area contributed by atoms with Crippen molar-refractivity contribution in [3.05, 3.63) is 34.1 Å². The van der Waals surface area contributed by atoms with Crippen molar-refractivity contribution in [2.75, 3.05) is 19.0 Å². The Bertz CT molecular complexity index is 389. The van der Waals surface area contributed by atoms with Gasteiger partial charge in [0.25, 0.3) is 5.91 Å². The Morgan fingerprint density at radius 1 is 1.50 bits per heavy atom. The molecule has 0 aliphatic heterocycles. The second-order valence-corrected chi connectivity index (χ2v) is 5.47. The molecule has 0 bridgehead atoms. The van der Waals surface area contributed by atoms with Gasteiger partial charge < -0.3 is 10.1 Å². The van der Waals surface area contributed by atoms with Gasteiger partial charge in [-0.2, -0.15) is 0 Å². The maximum atomic E-state index is 13.2. The van der Waals surface area contributed by atoms with Crippen molar-refractivity contribution in [2.45, 2.75) is 12.5 Å². The number of carbonyl (C=O) groups is 1. The number of methoxy groups -OCH3 is 1. The Kier molecular flexibility index (Phi) is 6.81. The van der Waals surface area contributed by atoms with Gasteiger partial charge in [-0.05, 0) is 24.6 Å². The first kappa shape index (κ1) is 15.6. The second kappa shape index (κ2) is 7.86. The molecule has 0 saturated heterocycles. The molecule has 0 aliphatic rings. The van der Waals surface area contributed by atoms with Gasteiger partial charge in [0, 0.05) is 22.5 Å². The molecule has 0 spiro atoms. The zero-order valence-electron chi connectivity index (χ0n) is 9.88. The number of alkyl halides is 1. The number of ether oxygens (including phenoxy) is 1. The topological polar surface area (TPSA) is 38.3 Å². The largest absolute Gasteiger partial charge is 0.383 e. The lowest BCUT2D eigenvalue weighted by Crippen LogP contribution is -2.38. The molecule has 0 fully saturated rings. The lowest BCUT2D eigenvalue weighted by atomic mass is 10.1. The molecule has 0 heterocycles. The molecule has 1 amide bonds. The van der Waals surface area contributed by atoms with Crippen LogP contribution in [0.4, 0.5) is 4.39 Å². The van der Waals surface area contributed by atoms with Gasteiger partial charge in [0.15, 0.2) is 0 Å². The van der Waals surface area contributed by atoms with E-state index in [1.54, 1.807) is 13.2 Å². The molecule has 0 aromatic heterocycles. The van der Waals surface area contributed by atoms with Crippen LogP contribution in [0.1, 0.15) is 16.8 Å². The highest BCUT2D eigenvalue weighted by Crippen LogP contribution is 2.15. The number of rotatable bonds is 6. The fourth-order valence-electron chi connectivity index (χ4n) is 1.48. The Balaban J connectivity index is 2.73. The molecule has 100 valence electrons. The highest BCUT2D eigenvalue weighted by Gasteiger charge is 2.14. The van der Waals surface area contributed by atoms with Crippen molar-refractivity contribution in [2.24, 2.45) is 0 Å². The molecule has 1 unspecified atom stereocenters. The van der Waals surface area contributed by atoms with Crippen LogP contribution in [0.5, 0.6) is 0 Å². The Hall–Kier alpha value is -0.460. The van der Waals surface area contributed by atoms with Gasteiger partial charge in [0.1, 0.15) is 5.82 Å². The zero-order chi connectivity index (χ0) is 13.5. The minimum Gasteiger partial charge on any atom is -0.383 e. The van der Waals surface area contributed by atoms with Crippen LogP contribution in [0.3, 0.4) is 0 Å². The highest BCUT2D eigenvalue weighted by atomic mass is 79.9. The van der Waals surface area contributed by atoms with E-state index in [0.29, 0.717) is 11.1 Å². The van der Waals surface area contributed by atoms with Crippen molar-refractivity contribution < 1.29 is 13.9 Å². The second-order valence-electron chi connectivity index (χ2n) is 3.76. The van der Waals surface area contributed by atoms with Crippen molar-refractivity contribution in [1.29, 1.82) is 0 Å². The standard InChI is InChI=1S/C12H14Br2FNO2/c1-18-7-11(2-3-13)16-12(17)8-4-9(14)6-10(15)5-8/h4-6,11H,2-3,7H2,1H3,(H,16,17). The minimum absolute atomic E-state index is 0.0936. The van der Waals surface area contributed by atoms with E-state index in [2.05, 4.69) is 37.2 Å². The summed E-state index contributed by atoms with van der Waals surface area (Å²) in [5, 5.41) is 3.57. The van der Waals surface area contributed by atoms with E-state index in [4.69, 9.17) is 4.74 Å². The van der Waals surface area contributed by atoms with Gasteiger partial charge in [-0.15, -0.1) is 0 Å². The summed E-state index contributed by atoms with van der Waals surface area (Å²) < 4.78 is 18.7. The molecule has 1 rings (SSSR count). The van der Waals surface area contributed by atoms with E-state index in [9.17, 15) is 9.18 Å². The van der Waals surface area contributed by atoms with Crippen molar-refractivity contribution in [3.63, 3.8) is 0 Å². The molecule has 1 aromatic carbocycles. The van der Waals surface area contributed by atoms with Crippen LogP contribution in [0.2, 0.25) is 0 Å². The predicted molar refractivity (Wildman–Crippen MR) is 75.6 cm³/mol. The average molecular weight is 383 g/mol. The van der Waals surface area contributed by atoms with E-state index in [0.717, 1.165) is 11.8 Å². The summed E-state index contributed by atoms with van der Waals surface area (Å²) in [5.74, 6) is -0.753. The number of halogens is 3. The third kappa shape index (κ3) is 5.04. The molecule has 1 atom stereocenters. The molecular weight excluding hydrogens is 369 g/mol. The summed E-state index contributed by atoms with van der Waals surface area (Å²) in [6.07, 6.45) is 0.746. The fraction of sp³-hybridized carbons (Fsp3) is 0.417. The molecule has 3 nitrogen and oxygen atoms in total. The molecule has 6 heteroatoms. The third-order valence-corrected chi connectivity index (χ3v) is 3.20. The Morgan fingerprint density at radius 3 is 2.78 bits per heavy atom.